The maximum absolute atomic E-state index is 13.2. The molecule has 2 atom stereocenters. The predicted molar refractivity (Wildman–Crippen MR) is 119 cm³/mol. The summed E-state index contributed by atoms with van der Waals surface area (Å²) in [5.74, 6) is -0.498. The molecule has 5 rings (SSSR count). The van der Waals surface area contributed by atoms with Crippen molar-refractivity contribution in [1.82, 2.24) is 9.47 Å². The number of anilines is 1. The maximum Gasteiger partial charge on any atom is 0.275 e. The first-order valence-corrected chi connectivity index (χ1v) is 12.5. The zero-order valence-electron chi connectivity index (χ0n) is 16.9. The zero-order valence-corrected chi connectivity index (χ0v) is 18.5. The number of hydrogen-bond donors (Lipinski definition) is 1. The van der Waals surface area contributed by atoms with E-state index in [1.54, 1.807) is 27.0 Å². The lowest BCUT2D eigenvalue weighted by molar-refractivity contribution is 0.0594. The normalized spacial score (nSPS) is 20.0. The summed E-state index contributed by atoms with van der Waals surface area (Å²) < 4.78 is 42.5. The second-order valence-electron chi connectivity index (χ2n) is 8.14. The first-order chi connectivity index (χ1) is 15.3. The number of nitrogens with one attached hydrogen (secondary N) is 1. The third-order valence-corrected chi connectivity index (χ3v) is 8.75. The number of benzene rings is 1. The molecular formula is C22H20FN3O4S2. The van der Waals surface area contributed by atoms with Gasteiger partial charge in [-0.3, -0.25) is 14.3 Å². The van der Waals surface area contributed by atoms with Crippen molar-refractivity contribution in [2.75, 3.05) is 17.8 Å². The van der Waals surface area contributed by atoms with Crippen molar-refractivity contribution in [1.29, 1.82) is 0 Å². The molecule has 32 heavy (non-hydrogen) atoms. The number of nitrogens with zero attached hydrogens (tertiary/aromatic N) is 2. The number of carbonyl (C=O) groups excluding carboxylic acids is 1. The van der Waals surface area contributed by atoms with Crippen LogP contribution in [-0.2, 0) is 16.6 Å². The number of halogens is 1. The van der Waals surface area contributed by atoms with E-state index in [0.717, 1.165) is 23.5 Å². The minimum atomic E-state index is -3.82. The molecule has 0 aliphatic carbocycles. The highest BCUT2D eigenvalue weighted by Gasteiger charge is 2.37. The lowest BCUT2D eigenvalue weighted by atomic mass is 9.83. The summed E-state index contributed by atoms with van der Waals surface area (Å²) in [6.07, 6.45) is 0.854. The van der Waals surface area contributed by atoms with Crippen LogP contribution in [0.5, 0.6) is 0 Å². The Labute approximate surface area is 188 Å². The summed E-state index contributed by atoms with van der Waals surface area (Å²) >= 11 is 1.08. The van der Waals surface area contributed by atoms with Crippen LogP contribution in [-0.4, -0.2) is 36.9 Å². The van der Waals surface area contributed by atoms with Gasteiger partial charge in [0.05, 0.1) is 0 Å². The van der Waals surface area contributed by atoms with E-state index in [1.807, 2.05) is 0 Å². The molecule has 1 saturated heterocycles. The van der Waals surface area contributed by atoms with Crippen molar-refractivity contribution in [3.63, 3.8) is 0 Å². The Morgan fingerprint density at radius 2 is 1.84 bits per heavy atom. The van der Waals surface area contributed by atoms with Gasteiger partial charge in [-0.25, -0.2) is 12.8 Å². The van der Waals surface area contributed by atoms with Crippen LogP contribution in [0.2, 0.25) is 0 Å². The minimum absolute atomic E-state index is 0.0152. The molecule has 2 aliphatic heterocycles. The average molecular weight is 474 g/mol. The van der Waals surface area contributed by atoms with Crippen molar-refractivity contribution in [2.24, 2.45) is 5.92 Å². The number of rotatable bonds is 4. The molecule has 10 heteroatoms. The largest absolute Gasteiger partial charge is 0.338 e. The number of hydrogen-bond acceptors (Lipinski definition) is 5. The standard InChI is InChI=1S/C22H20FN3O4S2/c23-17-5-3-15(4-6-17)21(27)25-11-14-10-16(13-25)19-8-7-18(22(28)26(19)12-14)24-32(29,30)20-2-1-9-31-20/h1-9,14,16,24H,10-13H2. The second-order valence-corrected chi connectivity index (χ2v) is 11.0. The molecule has 0 spiro atoms. The zero-order chi connectivity index (χ0) is 22.5. The first kappa shape index (κ1) is 20.9. The van der Waals surface area contributed by atoms with Crippen molar-refractivity contribution in [2.45, 2.75) is 23.1 Å². The van der Waals surface area contributed by atoms with Crippen LogP contribution < -0.4 is 10.3 Å². The maximum atomic E-state index is 13.2. The van der Waals surface area contributed by atoms with E-state index in [1.165, 1.54) is 36.4 Å². The third kappa shape index (κ3) is 3.73. The summed E-state index contributed by atoms with van der Waals surface area (Å²) in [6.45, 7) is 1.35. The van der Waals surface area contributed by atoms with E-state index in [4.69, 9.17) is 0 Å². The van der Waals surface area contributed by atoms with Crippen molar-refractivity contribution >= 4 is 33.0 Å². The third-order valence-electron chi connectivity index (χ3n) is 5.99. The van der Waals surface area contributed by atoms with Gasteiger partial charge in [0.15, 0.2) is 0 Å². The molecule has 4 heterocycles. The van der Waals surface area contributed by atoms with Gasteiger partial charge in [0.2, 0.25) is 0 Å². The molecule has 166 valence electrons. The van der Waals surface area contributed by atoms with Crippen LogP contribution in [0.1, 0.15) is 28.4 Å². The van der Waals surface area contributed by atoms with Crippen LogP contribution in [0, 0.1) is 11.7 Å². The molecule has 7 nitrogen and oxygen atoms in total. The first-order valence-electron chi connectivity index (χ1n) is 10.2. The summed E-state index contributed by atoms with van der Waals surface area (Å²) in [5, 5.41) is 1.66. The summed E-state index contributed by atoms with van der Waals surface area (Å²) in [6, 6.07) is 11.9. The Balaban J connectivity index is 1.41. The highest BCUT2D eigenvalue weighted by molar-refractivity contribution is 7.94. The van der Waals surface area contributed by atoms with Crippen LogP contribution in [0.4, 0.5) is 10.1 Å². The van der Waals surface area contributed by atoms with E-state index in [9.17, 15) is 22.4 Å². The Kier molecular flexibility index (Phi) is 5.13. The number of carbonyl (C=O) groups is 1. The summed E-state index contributed by atoms with van der Waals surface area (Å²) in [7, 11) is -3.82. The fourth-order valence-electron chi connectivity index (χ4n) is 4.58. The Morgan fingerprint density at radius 1 is 1.06 bits per heavy atom. The number of thiophene rings is 1. The van der Waals surface area contributed by atoms with Crippen LogP contribution in [0.15, 0.2) is 62.9 Å². The molecule has 0 saturated carbocycles. The van der Waals surface area contributed by atoms with Crippen molar-refractivity contribution in [3.8, 4) is 0 Å². The van der Waals surface area contributed by atoms with Gasteiger partial charge in [-0.1, -0.05) is 6.07 Å². The number of piperidine rings is 1. The molecule has 1 amide bonds. The molecule has 2 bridgehead atoms. The smallest absolute Gasteiger partial charge is 0.275 e. The number of sulfonamides is 1. The van der Waals surface area contributed by atoms with Crippen LogP contribution in [0.25, 0.3) is 0 Å². The lowest BCUT2D eigenvalue weighted by Crippen LogP contribution is -2.49. The lowest BCUT2D eigenvalue weighted by Gasteiger charge is -2.43. The minimum Gasteiger partial charge on any atom is -0.338 e. The van der Waals surface area contributed by atoms with Crippen LogP contribution in [0.3, 0.4) is 0 Å². The number of aromatic nitrogens is 1. The molecule has 1 aromatic carbocycles. The van der Waals surface area contributed by atoms with E-state index < -0.39 is 15.8 Å². The fraction of sp³-hybridized carbons (Fsp3) is 0.273. The van der Waals surface area contributed by atoms with Gasteiger partial charge in [-0.2, -0.15) is 0 Å². The van der Waals surface area contributed by atoms with Gasteiger partial charge in [0, 0.05) is 36.8 Å². The van der Waals surface area contributed by atoms with Gasteiger partial charge < -0.3 is 9.47 Å². The molecule has 0 radical (unpaired) electrons. The second kappa shape index (κ2) is 7.86. The predicted octanol–water partition coefficient (Wildman–Crippen LogP) is 3.11. The number of pyridine rings is 1. The topological polar surface area (TPSA) is 88.5 Å². The van der Waals surface area contributed by atoms with Crippen molar-refractivity contribution < 1.29 is 17.6 Å². The summed E-state index contributed by atoms with van der Waals surface area (Å²) in [4.78, 5) is 27.7. The van der Waals surface area contributed by atoms with Crippen LogP contribution >= 0.6 is 11.3 Å². The van der Waals surface area contributed by atoms with E-state index in [2.05, 4.69) is 4.72 Å². The van der Waals surface area contributed by atoms with Gasteiger partial charge in [0.1, 0.15) is 15.7 Å². The van der Waals surface area contributed by atoms with E-state index in [0.29, 0.717) is 25.2 Å². The monoisotopic (exact) mass is 473 g/mol. The van der Waals surface area contributed by atoms with Crippen molar-refractivity contribution in [3.05, 3.63) is 81.3 Å². The number of likely N-dealkylation sites (tertiary alicyclic amines) is 1. The number of amides is 1. The molecule has 1 fully saturated rings. The Bertz CT molecular complexity index is 1330. The van der Waals surface area contributed by atoms with E-state index in [-0.39, 0.29) is 33.2 Å². The Morgan fingerprint density at radius 3 is 2.56 bits per heavy atom. The molecule has 2 aromatic heterocycles. The molecule has 3 aromatic rings. The molecule has 1 N–H and O–H groups in total. The molecular weight excluding hydrogens is 453 g/mol. The molecule has 2 aliphatic rings. The SMILES string of the molecule is O=C(c1ccc(F)cc1)N1CC2CC(C1)c1ccc(NS(=O)(=O)c3cccs3)c(=O)n1C2. The quantitative estimate of drug-likeness (QED) is 0.631. The highest BCUT2D eigenvalue weighted by atomic mass is 32.2. The van der Waals surface area contributed by atoms with Gasteiger partial charge >= 0.3 is 0 Å². The van der Waals surface area contributed by atoms with Gasteiger partial charge in [-0.15, -0.1) is 11.3 Å². The fourth-order valence-corrected chi connectivity index (χ4v) is 6.63. The van der Waals surface area contributed by atoms with Gasteiger partial charge in [0.25, 0.3) is 21.5 Å². The van der Waals surface area contributed by atoms with Gasteiger partial charge in [-0.05, 0) is 60.2 Å². The van der Waals surface area contributed by atoms with E-state index >= 15 is 0 Å². The summed E-state index contributed by atoms with van der Waals surface area (Å²) in [5.41, 5.74) is 0.862. The highest BCUT2D eigenvalue weighted by Crippen LogP contribution is 2.36. The Hall–Kier alpha value is -2.98. The number of fused-ring (bicyclic) bond motifs is 4. The molecule has 2 unspecified atom stereocenters. The average Bonchev–Trinajstić information content (AvgIpc) is 3.32.